The number of piperidine rings is 2. The van der Waals surface area contributed by atoms with E-state index >= 15 is 0 Å². The Hall–Kier alpha value is -1.67. The highest BCUT2D eigenvalue weighted by Crippen LogP contribution is 2.32. The number of hydrogen-bond donors (Lipinski definition) is 2. The fourth-order valence-electron chi connectivity index (χ4n) is 4.32. The van der Waals surface area contributed by atoms with E-state index in [-0.39, 0.29) is 17.9 Å². The predicted molar refractivity (Wildman–Crippen MR) is 106 cm³/mol. The fourth-order valence-corrected chi connectivity index (χ4v) is 5.31. The van der Waals surface area contributed by atoms with E-state index in [1.807, 2.05) is 16.0 Å². The van der Waals surface area contributed by atoms with Gasteiger partial charge in [-0.25, -0.2) is 9.78 Å². The third-order valence-corrected chi connectivity index (χ3v) is 7.01. The van der Waals surface area contributed by atoms with Gasteiger partial charge in [-0.1, -0.05) is 0 Å². The Balaban J connectivity index is 1.32. The van der Waals surface area contributed by atoms with Crippen LogP contribution in [0.4, 0.5) is 9.93 Å². The van der Waals surface area contributed by atoms with Crippen LogP contribution in [0.5, 0.6) is 0 Å². The molecule has 3 aliphatic heterocycles. The van der Waals surface area contributed by atoms with E-state index in [4.69, 9.17) is 0 Å². The van der Waals surface area contributed by atoms with Gasteiger partial charge in [0.1, 0.15) is 0 Å². The molecule has 3 aliphatic rings. The first kappa shape index (κ1) is 18.7. The molecular weight excluding hydrogens is 362 g/mol. The molecule has 1 atom stereocenters. The summed E-state index contributed by atoms with van der Waals surface area (Å²) in [4.78, 5) is 34.8. The number of carbonyl (C=O) groups excluding carboxylic acids is 2. The standard InChI is InChI=1S/C19H29N5O2S/c25-17(22-18-21-12-16(27-18)14-5-7-20-8-6-14)15-4-3-11-24(13-15)19(26)23-9-1-2-10-23/h12,14-15,20H,1-11,13H2,(H,21,22,25). The van der Waals surface area contributed by atoms with E-state index in [9.17, 15) is 9.59 Å². The van der Waals surface area contributed by atoms with Crippen LogP contribution in [0.25, 0.3) is 0 Å². The Bertz CT molecular complexity index is 667. The fraction of sp³-hybridized carbons (Fsp3) is 0.737. The summed E-state index contributed by atoms with van der Waals surface area (Å²) in [6.07, 6.45) is 8.08. The van der Waals surface area contributed by atoms with Gasteiger partial charge in [-0.05, 0) is 57.5 Å². The maximum Gasteiger partial charge on any atom is 0.320 e. The highest BCUT2D eigenvalue weighted by Gasteiger charge is 2.32. The monoisotopic (exact) mass is 391 g/mol. The minimum atomic E-state index is -0.142. The molecule has 3 fully saturated rings. The van der Waals surface area contributed by atoms with Crippen molar-refractivity contribution in [1.82, 2.24) is 20.1 Å². The van der Waals surface area contributed by atoms with Gasteiger partial charge in [-0.15, -0.1) is 11.3 Å². The Kier molecular flexibility index (Phi) is 5.92. The number of rotatable bonds is 3. The minimum Gasteiger partial charge on any atom is -0.325 e. The van der Waals surface area contributed by atoms with Gasteiger partial charge in [0, 0.05) is 37.3 Å². The molecule has 7 nitrogen and oxygen atoms in total. The second-order valence-electron chi connectivity index (χ2n) is 7.84. The molecule has 27 heavy (non-hydrogen) atoms. The van der Waals surface area contributed by atoms with Gasteiger partial charge < -0.3 is 20.4 Å². The quantitative estimate of drug-likeness (QED) is 0.830. The van der Waals surface area contributed by atoms with E-state index in [2.05, 4.69) is 15.6 Å². The summed E-state index contributed by atoms with van der Waals surface area (Å²) in [5.74, 6) is 0.411. The van der Waals surface area contributed by atoms with Crippen LogP contribution in [-0.4, -0.2) is 66.0 Å². The molecular formula is C19H29N5O2S. The molecule has 0 saturated carbocycles. The van der Waals surface area contributed by atoms with Crippen molar-refractivity contribution >= 4 is 28.4 Å². The SMILES string of the molecule is O=C(Nc1ncc(C2CCNCC2)s1)C1CCCN(C(=O)N2CCCC2)C1. The molecule has 0 radical (unpaired) electrons. The van der Waals surface area contributed by atoms with E-state index in [1.165, 1.54) is 4.88 Å². The third-order valence-electron chi connectivity index (χ3n) is 5.93. The van der Waals surface area contributed by atoms with Crippen molar-refractivity contribution in [2.24, 2.45) is 5.92 Å². The van der Waals surface area contributed by atoms with Crippen molar-refractivity contribution < 1.29 is 9.59 Å². The van der Waals surface area contributed by atoms with Crippen LogP contribution in [0, 0.1) is 5.92 Å². The summed E-state index contributed by atoms with van der Waals surface area (Å²) < 4.78 is 0. The number of aromatic nitrogens is 1. The van der Waals surface area contributed by atoms with Crippen molar-refractivity contribution in [3.63, 3.8) is 0 Å². The molecule has 0 spiro atoms. The Morgan fingerprint density at radius 1 is 1.07 bits per heavy atom. The molecule has 2 N–H and O–H groups in total. The number of likely N-dealkylation sites (tertiary alicyclic amines) is 2. The van der Waals surface area contributed by atoms with E-state index in [0.29, 0.717) is 17.6 Å². The number of nitrogens with zero attached hydrogens (tertiary/aromatic N) is 3. The van der Waals surface area contributed by atoms with Crippen LogP contribution in [0.1, 0.15) is 49.3 Å². The lowest BCUT2D eigenvalue weighted by molar-refractivity contribution is -0.121. The Labute approximate surface area is 164 Å². The zero-order valence-electron chi connectivity index (χ0n) is 15.8. The molecule has 8 heteroatoms. The number of nitrogens with one attached hydrogen (secondary N) is 2. The van der Waals surface area contributed by atoms with E-state index in [0.717, 1.165) is 71.2 Å². The van der Waals surface area contributed by atoms with E-state index in [1.54, 1.807) is 11.3 Å². The largest absolute Gasteiger partial charge is 0.325 e. The number of thiazole rings is 1. The second kappa shape index (κ2) is 8.56. The van der Waals surface area contributed by atoms with Crippen LogP contribution in [0.15, 0.2) is 6.20 Å². The number of anilines is 1. The highest BCUT2D eigenvalue weighted by atomic mass is 32.1. The normalized spacial score (nSPS) is 24.2. The van der Waals surface area contributed by atoms with Crippen LogP contribution in [-0.2, 0) is 4.79 Å². The summed E-state index contributed by atoms with van der Waals surface area (Å²) in [5, 5.41) is 7.07. The van der Waals surface area contributed by atoms with Gasteiger partial charge in [0.2, 0.25) is 5.91 Å². The van der Waals surface area contributed by atoms with Crippen LogP contribution in [0.2, 0.25) is 0 Å². The van der Waals surface area contributed by atoms with Gasteiger partial charge in [0.05, 0.1) is 5.92 Å². The molecule has 148 valence electrons. The van der Waals surface area contributed by atoms with E-state index < -0.39 is 0 Å². The Morgan fingerprint density at radius 2 is 1.81 bits per heavy atom. The molecule has 3 saturated heterocycles. The maximum absolute atomic E-state index is 12.7. The molecule has 0 aliphatic carbocycles. The number of amides is 3. The van der Waals surface area contributed by atoms with Crippen LogP contribution < -0.4 is 10.6 Å². The molecule has 3 amide bonds. The highest BCUT2D eigenvalue weighted by molar-refractivity contribution is 7.15. The first-order valence-corrected chi connectivity index (χ1v) is 11.0. The van der Waals surface area contributed by atoms with Gasteiger partial charge in [0.25, 0.3) is 0 Å². The smallest absolute Gasteiger partial charge is 0.320 e. The van der Waals surface area contributed by atoms with Gasteiger partial charge in [-0.2, -0.15) is 0 Å². The van der Waals surface area contributed by atoms with Gasteiger partial charge >= 0.3 is 6.03 Å². The summed E-state index contributed by atoms with van der Waals surface area (Å²) in [7, 11) is 0. The number of urea groups is 1. The predicted octanol–water partition coefficient (Wildman–Crippen LogP) is 2.48. The molecule has 4 heterocycles. The summed E-state index contributed by atoms with van der Waals surface area (Å²) in [5.41, 5.74) is 0. The van der Waals surface area contributed by atoms with Crippen molar-refractivity contribution in [2.75, 3.05) is 44.6 Å². The number of hydrogen-bond acceptors (Lipinski definition) is 5. The number of carbonyl (C=O) groups is 2. The summed E-state index contributed by atoms with van der Waals surface area (Å²) >= 11 is 1.60. The molecule has 0 bridgehead atoms. The topological polar surface area (TPSA) is 77.6 Å². The van der Waals surface area contributed by atoms with Crippen molar-refractivity contribution in [1.29, 1.82) is 0 Å². The zero-order valence-corrected chi connectivity index (χ0v) is 16.6. The summed E-state index contributed by atoms with van der Waals surface area (Å²) in [6, 6.07) is 0.104. The van der Waals surface area contributed by atoms with Crippen LogP contribution in [0.3, 0.4) is 0 Å². The molecule has 0 aromatic carbocycles. The Morgan fingerprint density at radius 3 is 2.59 bits per heavy atom. The zero-order chi connectivity index (χ0) is 18.6. The average Bonchev–Trinajstić information content (AvgIpc) is 3.40. The molecule has 1 unspecified atom stereocenters. The van der Waals surface area contributed by atoms with Crippen LogP contribution >= 0.6 is 11.3 Å². The van der Waals surface area contributed by atoms with Crippen molar-refractivity contribution in [3.8, 4) is 0 Å². The second-order valence-corrected chi connectivity index (χ2v) is 8.91. The lowest BCUT2D eigenvalue weighted by Gasteiger charge is -2.34. The summed E-state index contributed by atoms with van der Waals surface area (Å²) in [6.45, 7) is 5.08. The lowest BCUT2D eigenvalue weighted by Crippen LogP contribution is -2.48. The van der Waals surface area contributed by atoms with Gasteiger partial charge in [-0.3, -0.25) is 4.79 Å². The minimum absolute atomic E-state index is 0.000123. The first-order chi connectivity index (χ1) is 13.2. The maximum atomic E-state index is 12.7. The van der Waals surface area contributed by atoms with Crippen molar-refractivity contribution in [2.45, 2.75) is 44.4 Å². The van der Waals surface area contributed by atoms with Gasteiger partial charge in [0.15, 0.2) is 5.13 Å². The molecule has 1 aromatic rings. The third kappa shape index (κ3) is 4.43. The average molecular weight is 392 g/mol. The first-order valence-electron chi connectivity index (χ1n) is 10.2. The molecule has 4 rings (SSSR count). The molecule has 1 aromatic heterocycles. The van der Waals surface area contributed by atoms with Crippen molar-refractivity contribution in [3.05, 3.63) is 11.1 Å². The lowest BCUT2D eigenvalue weighted by atomic mass is 9.97.